The largest absolute Gasteiger partial charge is 0.394 e. The monoisotopic (exact) mass is 273 g/mol. The first kappa shape index (κ1) is 15.6. The van der Waals surface area contributed by atoms with E-state index in [2.05, 4.69) is 4.98 Å². The third-order valence-corrected chi connectivity index (χ3v) is 2.65. The summed E-state index contributed by atoms with van der Waals surface area (Å²) < 4.78 is 6.75. The van der Waals surface area contributed by atoms with Gasteiger partial charge in [-0.25, -0.2) is 0 Å². The number of nitrogens with two attached hydrogens (primary N) is 1. The number of aliphatic hydroxyl groups excluding tert-OH is 3. The van der Waals surface area contributed by atoms with Crippen LogP contribution in [0.4, 0.5) is 5.95 Å². The molecule has 0 aliphatic rings. The van der Waals surface area contributed by atoms with E-state index in [9.17, 15) is 9.90 Å². The zero-order valence-electron chi connectivity index (χ0n) is 10.9. The van der Waals surface area contributed by atoms with E-state index in [0.717, 1.165) is 0 Å². The molecule has 2 atom stereocenters. The molecule has 8 nitrogen and oxygen atoms in total. The SMILES string of the molecule is C[C@H](O)[C@@H](OC(CO)CO)c1cn(C)c(N)nc1=O. The number of anilines is 1. The molecule has 0 saturated carbocycles. The Morgan fingerprint density at radius 3 is 2.53 bits per heavy atom. The number of nitrogen functional groups attached to an aromatic ring is 1. The van der Waals surface area contributed by atoms with Gasteiger partial charge in [-0.05, 0) is 6.92 Å². The first-order valence-electron chi connectivity index (χ1n) is 5.79. The van der Waals surface area contributed by atoms with E-state index < -0.39 is 37.1 Å². The van der Waals surface area contributed by atoms with Crippen LogP contribution in [0.5, 0.6) is 0 Å². The van der Waals surface area contributed by atoms with E-state index in [0.29, 0.717) is 0 Å². The maximum atomic E-state index is 11.8. The summed E-state index contributed by atoms with van der Waals surface area (Å²) in [5.74, 6) is 0.0407. The molecule has 0 saturated heterocycles. The van der Waals surface area contributed by atoms with Gasteiger partial charge in [0.1, 0.15) is 12.2 Å². The Morgan fingerprint density at radius 2 is 2.05 bits per heavy atom. The Bertz CT molecular complexity index is 470. The van der Waals surface area contributed by atoms with Crippen molar-refractivity contribution in [3.63, 3.8) is 0 Å². The highest BCUT2D eigenvalue weighted by Crippen LogP contribution is 2.20. The highest BCUT2D eigenvalue weighted by atomic mass is 16.5. The van der Waals surface area contributed by atoms with Gasteiger partial charge in [0, 0.05) is 13.2 Å². The van der Waals surface area contributed by atoms with E-state index in [1.54, 1.807) is 7.05 Å². The van der Waals surface area contributed by atoms with Crippen LogP contribution in [0, 0.1) is 0 Å². The maximum Gasteiger partial charge on any atom is 0.280 e. The van der Waals surface area contributed by atoms with Crippen molar-refractivity contribution in [1.29, 1.82) is 0 Å². The Labute approximate surface area is 110 Å². The lowest BCUT2D eigenvalue weighted by Crippen LogP contribution is -2.33. The fourth-order valence-corrected chi connectivity index (χ4v) is 1.57. The van der Waals surface area contributed by atoms with Crippen LogP contribution in [0.25, 0.3) is 0 Å². The number of rotatable bonds is 6. The van der Waals surface area contributed by atoms with Gasteiger partial charge in [0.15, 0.2) is 0 Å². The average Bonchev–Trinajstić information content (AvgIpc) is 2.35. The second kappa shape index (κ2) is 6.62. The molecule has 1 rings (SSSR count). The standard InChI is InChI=1S/C11H19N3O5/c1-6(17)9(19-7(4-15)5-16)8-3-14(2)11(12)13-10(8)18/h3,6-7,9,15-17H,4-5H2,1-2H3,(H2,12,13,18)/t6-,9+/m0/s1. The minimum Gasteiger partial charge on any atom is -0.394 e. The Hall–Kier alpha value is -1.48. The predicted octanol–water partition coefficient (Wildman–Crippen LogP) is -1.85. The van der Waals surface area contributed by atoms with Gasteiger partial charge in [-0.3, -0.25) is 4.79 Å². The number of ether oxygens (including phenoxy) is 1. The van der Waals surface area contributed by atoms with Crippen LogP contribution >= 0.6 is 0 Å². The van der Waals surface area contributed by atoms with Crippen molar-refractivity contribution in [3.05, 3.63) is 22.1 Å². The summed E-state index contributed by atoms with van der Waals surface area (Å²) in [5.41, 5.74) is 4.98. The average molecular weight is 273 g/mol. The van der Waals surface area contributed by atoms with Gasteiger partial charge >= 0.3 is 0 Å². The summed E-state index contributed by atoms with van der Waals surface area (Å²) in [4.78, 5) is 15.4. The van der Waals surface area contributed by atoms with Gasteiger partial charge in [0.25, 0.3) is 5.56 Å². The Morgan fingerprint density at radius 1 is 1.47 bits per heavy atom. The summed E-state index contributed by atoms with van der Waals surface area (Å²) in [6, 6.07) is 0. The number of hydrogen-bond donors (Lipinski definition) is 4. The van der Waals surface area contributed by atoms with Crippen molar-refractivity contribution >= 4 is 5.95 Å². The number of aliphatic hydroxyl groups is 3. The normalized spacial score (nSPS) is 14.6. The first-order chi connectivity index (χ1) is 8.90. The van der Waals surface area contributed by atoms with Gasteiger partial charge < -0.3 is 30.4 Å². The van der Waals surface area contributed by atoms with Crippen LogP contribution in [-0.2, 0) is 11.8 Å². The molecule has 0 bridgehead atoms. The summed E-state index contributed by atoms with van der Waals surface area (Å²) >= 11 is 0. The topological polar surface area (TPSA) is 131 Å². The van der Waals surface area contributed by atoms with Crippen molar-refractivity contribution in [2.45, 2.75) is 25.2 Å². The fraction of sp³-hybridized carbons (Fsp3) is 0.636. The van der Waals surface area contributed by atoms with Crippen LogP contribution in [0.2, 0.25) is 0 Å². The zero-order chi connectivity index (χ0) is 14.6. The maximum absolute atomic E-state index is 11.8. The number of hydrogen-bond acceptors (Lipinski definition) is 7. The molecular weight excluding hydrogens is 254 g/mol. The summed E-state index contributed by atoms with van der Waals surface area (Å²) in [5, 5.41) is 27.7. The third kappa shape index (κ3) is 3.74. The van der Waals surface area contributed by atoms with Crippen molar-refractivity contribution in [1.82, 2.24) is 9.55 Å². The lowest BCUT2D eigenvalue weighted by Gasteiger charge is -2.24. The summed E-state index contributed by atoms with van der Waals surface area (Å²) in [7, 11) is 1.60. The van der Waals surface area contributed by atoms with Gasteiger partial charge in [-0.2, -0.15) is 4.98 Å². The lowest BCUT2D eigenvalue weighted by atomic mass is 10.1. The molecule has 0 fully saturated rings. The van der Waals surface area contributed by atoms with E-state index in [1.807, 2.05) is 0 Å². The van der Waals surface area contributed by atoms with E-state index in [4.69, 9.17) is 20.7 Å². The molecule has 0 aliphatic heterocycles. The highest BCUT2D eigenvalue weighted by molar-refractivity contribution is 5.22. The molecule has 0 spiro atoms. The van der Waals surface area contributed by atoms with Gasteiger partial charge in [-0.15, -0.1) is 0 Å². The molecule has 1 aromatic heterocycles. The van der Waals surface area contributed by atoms with Crippen LogP contribution < -0.4 is 11.3 Å². The number of nitrogens with zero attached hydrogens (tertiary/aromatic N) is 2. The quantitative estimate of drug-likeness (QED) is 0.478. The van der Waals surface area contributed by atoms with Gasteiger partial charge in [-0.1, -0.05) is 0 Å². The molecule has 19 heavy (non-hydrogen) atoms. The minimum atomic E-state index is -1.02. The van der Waals surface area contributed by atoms with Crippen molar-refractivity contribution in [3.8, 4) is 0 Å². The van der Waals surface area contributed by atoms with Crippen molar-refractivity contribution < 1.29 is 20.1 Å². The molecule has 0 aliphatic carbocycles. The van der Waals surface area contributed by atoms with Crippen LogP contribution in [0.15, 0.2) is 11.0 Å². The number of aryl methyl sites for hydroxylation is 1. The molecule has 0 amide bonds. The summed E-state index contributed by atoms with van der Waals surface area (Å²) in [6.07, 6.45) is -1.50. The first-order valence-corrected chi connectivity index (χ1v) is 5.79. The van der Waals surface area contributed by atoms with Gasteiger partial charge in [0.2, 0.25) is 5.95 Å². The van der Waals surface area contributed by atoms with Crippen molar-refractivity contribution in [2.24, 2.45) is 7.05 Å². The van der Waals surface area contributed by atoms with E-state index in [1.165, 1.54) is 17.7 Å². The molecule has 1 aromatic rings. The van der Waals surface area contributed by atoms with Gasteiger partial charge in [0.05, 0.1) is 24.9 Å². The van der Waals surface area contributed by atoms with E-state index in [-0.39, 0.29) is 11.5 Å². The van der Waals surface area contributed by atoms with Crippen LogP contribution in [-0.4, -0.2) is 50.3 Å². The van der Waals surface area contributed by atoms with Crippen molar-refractivity contribution in [2.75, 3.05) is 18.9 Å². The minimum absolute atomic E-state index is 0.0407. The second-order valence-electron chi connectivity index (χ2n) is 4.25. The third-order valence-electron chi connectivity index (χ3n) is 2.65. The van der Waals surface area contributed by atoms with Crippen LogP contribution in [0.3, 0.4) is 0 Å². The molecule has 8 heteroatoms. The smallest absolute Gasteiger partial charge is 0.280 e. The summed E-state index contributed by atoms with van der Waals surface area (Å²) in [6.45, 7) is 0.581. The van der Waals surface area contributed by atoms with Crippen LogP contribution in [0.1, 0.15) is 18.6 Å². The second-order valence-corrected chi connectivity index (χ2v) is 4.25. The fourth-order valence-electron chi connectivity index (χ4n) is 1.57. The Kier molecular flexibility index (Phi) is 5.43. The predicted molar refractivity (Wildman–Crippen MR) is 67.4 cm³/mol. The Balaban J connectivity index is 3.13. The molecule has 5 N–H and O–H groups in total. The zero-order valence-corrected chi connectivity index (χ0v) is 10.9. The van der Waals surface area contributed by atoms with E-state index >= 15 is 0 Å². The highest BCUT2D eigenvalue weighted by Gasteiger charge is 2.25. The molecule has 108 valence electrons. The molecule has 0 radical (unpaired) electrons. The molecular formula is C11H19N3O5. The lowest BCUT2D eigenvalue weighted by molar-refractivity contribution is -0.105. The molecule has 1 heterocycles. The molecule has 0 aromatic carbocycles. The number of aromatic nitrogens is 2. The molecule has 0 unspecified atom stereocenters.